The van der Waals surface area contributed by atoms with Crippen molar-refractivity contribution >= 4 is 0 Å². The van der Waals surface area contributed by atoms with E-state index in [2.05, 4.69) is 56.9 Å². The van der Waals surface area contributed by atoms with E-state index in [9.17, 15) is 0 Å². The summed E-state index contributed by atoms with van der Waals surface area (Å²) in [6.45, 7) is 0. The Morgan fingerprint density at radius 2 is 1.07 bits per heavy atom. The average Bonchev–Trinajstić information content (AvgIpc) is 3.58. The molecule has 0 aromatic carbocycles. The maximum atomic E-state index is 5.95. The van der Waals surface area contributed by atoms with Crippen LogP contribution in [0.4, 0.5) is 0 Å². The molecule has 0 bridgehead atoms. The van der Waals surface area contributed by atoms with Crippen LogP contribution in [-0.2, 0) is 56.2 Å². The van der Waals surface area contributed by atoms with Crippen LogP contribution in [0.3, 0.4) is 0 Å². The van der Waals surface area contributed by atoms with E-state index < -0.39 is 0 Å². The molecule has 0 amide bonds. The molecule has 6 heterocycles. The first-order chi connectivity index (χ1) is 18.6. The second kappa shape index (κ2) is 12.9. The zero-order valence-electron chi connectivity index (χ0n) is 21.0. The molecule has 0 saturated heterocycles. The molecule has 6 rings (SSSR count). The quantitative estimate of drug-likeness (QED) is 0.181. The minimum atomic E-state index is 0. The minimum absolute atomic E-state index is 0. The number of hydrogen-bond donors (Lipinski definition) is 0. The molecule has 12 heteroatoms. The van der Waals surface area contributed by atoms with Crippen molar-refractivity contribution in [2.45, 2.75) is 0 Å². The second-order valence-electron chi connectivity index (χ2n) is 8.09. The molecule has 0 saturated carbocycles. The van der Waals surface area contributed by atoms with E-state index in [-0.39, 0.29) is 42.1 Å². The van der Waals surface area contributed by atoms with Gasteiger partial charge in [0.2, 0.25) is 12.7 Å². The molecule has 0 atom stereocenters. The summed E-state index contributed by atoms with van der Waals surface area (Å²) < 4.78 is 19.0. The fraction of sp³-hybridized carbons (Fsp3) is 0.0714. The van der Waals surface area contributed by atoms with Crippen LogP contribution in [-0.4, -0.2) is 29.1 Å². The van der Waals surface area contributed by atoms with Crippen molar-refractivity contribution in [1.29, 1.82) is 0 Å². The third-order valence-electron chi connectivity index (χ3n) is 5.21. The monoisotopic (exact) mass is 888 g/mol. The molecule has 0 N–H and O–H groups in total. The van der Waals surface area contributed by atoms with Gasteiger partial charge >= 0.3 is 0 Å². The van der Waals surface area contributed by atoms with Gasteiger partial charge in [0.05, 0.1) is 14.1 Å². The Hall–Kier alpha value is -4.00. The number of hydrogen-bond acceptors (Lipinski definition) is 6. The predicted octanol–water partition coefficient (Wildman–Crippen LogP) is 2.54. The van der Waals surface area contributed by atoms with Gasteiger partial charge in [-0.2, -0.15) is 12.1 Å². The molecule has 6 aromatic rings. The summed E-state index contributed by atoms with van der Waals surface area (Å²) in [5.74, 6) is 1.70. The molecular weight excluding hydrogens is 871 g/mol. The van der Waals surface area contributed by atoms with E-state index in [0.717, 1.165) is 0 Å². The number of aryl methyl sites for hydroxylation is 2. The van der Waals surface area contributed by atoms with Crippen molar-refractivity contribution in [2.75, 3.05) is 0 Å². The third kappa shape index (κ3) is 6.76. The van der Waals surface area contributed by atoms with Gasteiger partial charge in [0.1, 0.15) is 0 Å². The summed E-state index contributed by atoms with van der Waals surface area (Å²) in [4.78, 5) is 17.2. The summed E-state index contributed by atoms with van der Waals surface area (Å²) in [5.41, 5.74) is 2.26. The van der Waals surface area contributed by atoms with E-state index in [1.165, 1.54) is 0 Å². The molecular formula is C28H18N8O2Pt2-4. The van der Waals surface area contributed by atoms with Gasteiger partial charge in [0.25, 0.3) is 0 Å². The minimum Gasteiger partial charge on any atom is -0.509 e. The van der Waals surface area contributed by atoms with Crippen LogP contribution in [0.5, 0.6) is 23.0 Å². The zero-order chi connectivity index (χ0) is 25.9. The Kier molecular flexibility index (Phi) is 9.35. The van der Waals surface area contributed by atoms with Gasteiger partial charge in [-0.25, -0.2) is 0 Å². The maximum absolute atomic E-state index is 5.95. The van der Waals surface area contributed by atoms with Gasteiger partial charge in [-0.1, -0.05) is 12.4 Å². The van der Waals surface area contributed by atoms with E-state index in [1.807, 2.05) is 38.9 Å². The van der Waals surface area contributed by atoms with Crippen LogP contribution in [0.15, 0.2) is 74.1 Å². The standard InChI is InChI=1S/C28H18N8O2.2Pt/c1-33-7-9-35(19-33)21-11-25(17-29-15-21)37-23-3-5-31-27(13-23)28-14-24(4-6-32-28)38-26-12-22(16-30-18-26)36-10-8-34(2)20-36;;/h3-10,15-18H,1-2H3;;/q-4;;. The first kappa shape index (κ1) is 29.0. The molecule has 0 aliphatic rings. The molecule has 6 aromatic heterocycles. The first-order valence-corrected chi connectivity index (χ1v) is 11.4. The molecule has 0 aliphatic carbocycles. The van der Waals surface area contributed by atoms with E-state index in [1.54, 1.807) is 67.6 Å². The normalized spacial score (nSPS) is 10.3. The summed E-state index contributed by atoms with van der Waals surface area (Å²) in [6, 6.07) is 16.0. The van der Waals surface area contributed by atoms with E-state index >= 15 is 0 Å². The van der Waals surface area contributed by atoms with Crippen LogP contribution in [0.25, 0.3) is 22.8 Å². The SMILES string of the molecule is Cn1[c-][n+](-c2[c-]c(Oc3[c-]c(-c4[c-]c(Oc5[c-]c(-[n+]6[c-]n(C)cc6)cnc5)ccn4)ncc3)cnc2)cc1.[Pt].[Pt]. The summed E-state index contributed by atoms with van der Waals surface area (Å²) in [5, 5.41) is 0. The van der Waals surface area contributed by atoms with Crippen LogP contribution in [0, 0.1) is 36.9 Å². The Labute approximate surface area is 259 Å². The zero-order valence-corrected chi connectivity index (χ0v) is 25.5. The van der Waals surface area contributed by atoms with Gasteiger partial charge in [-0.15, -0.1) is 35.7 Å². The van der Waals surface area contributed by atoms with Crippen LogP contribution in [0.2, 0.25) is 0 Å². The molecule has 0 radical (unpaired) electrons. The van der Waals surface area contributed by atoms with Crippen molar-refractivity contribution in [1.82, 2.24) is 29.1 Å². The van der Waals surface area contributed by atoms with E-state index in [4.69, 9.17) is 9.47 Å². The van der Waals surface area contributed by atoms with Gasteiger partial charge in [-0.3, -0.25) is 0 Å². The Morgan fingerprint density at radius 3 is 1.48 bits per heavy atom. The number of rotatable bonds is 7. The van der Waals surface area contributed by atoms with Crippen molar-refractivity contribution in [3.05, 3.63) is 111 Å². The molecule has 0 aliphatic heterocycles. The molecule has 0 unspecified atom stereocenters. The second-order valence-corrected chi connectivity index (χ2v) is 8.09. The van der Waals surface area contributed by atoms with Gasteiger partial charge < -0.3 is 47.7 Å². The summed E-state index contributed by atoms with van der Waals surface area (Å²) >= 11 is 0. The molecule has 0 fully saturated rings. The molecule has 40 heavy (non-hydrogen) atoms. The number of nitrogens with zero attached hydrogens (tertiary/aromatic N) is 8. The van der Waals surface area contributed by atoms with Crippen LogP contribution >= 0.6 is 0 Å². The van der Waals surface area contributed by atoms with E-state index in [0.29, 0.717) is 45.8 Å². The molecule has 0 spiro atoms. The fourth-order valence-electron chi connectivity index (χ4n) is 3.49. The smallest absolute Gasteiger partial charge is 0.241 e. The Balaban J connectivity index is 0.00000185. The van der Waals surface area contributed by atoms with Crippen molar-refractivity contribution in [2.24, 2.45) is 14.1 Å². The largest absolute Gasteiger partial charge is 0.509 e. The average molecular weight is 889 g/mol. The summed E-state index contributed by atoms with van der Waals surface area (Å²) in [6.07, 6.45) is 23.4. The Morgan fingerprint density at radius 1 is 0.625 bits per heavy atom. The third-order valence-corrected chi connectivity index (χ3v) is 5.21. The number of imidazole rings is 2. The van der Waals surface area contributed by atoms with Crippen molar-refractivity contribution < 1.29 is 60.7 Å². The number of pyridine rings is 4. The van der Waals surface area contributed by atoms with Crippen LogP contribution < -0.4 is 18.6 Å². The molecule has 206 valence electrons. The fourth-order valence-corrected chi connectivity index (χ4v) is 3.49. The van der Waals surface area contributed by atoms with Gasteiger partial charge in [0.15, 0.2) is 0 Å². The first-order valence-electron chi connectivity index (χ1n) is 11.4. The topological polar surface area (TPSA) is 87.6 Å². The van der Waals surface area contributed by atoms with Gasteiger partial charge in [-0.05, 0) is 36.2 Å². The van der Waals surface area contributed by atoms with Crippen molar-refractivity contribution in [3.8, 4) is 45.8 Å². The Bertz CT molecular complexity index is 1610. The summed E-state index contributed by atoms with van der Waals surface area (Å²) in [7, 11) is 3.77. The maximum Gasteiger partial charge on any atom is 0.241 e. The van der Waals surface area contributed by atoms with Crippen molar-refractivity contribution in [3.63, 3.8) is 0 Å². The number of aromatic nitrogens is 8. The molecule has 10 nitrogen and oxygen atoms in total. The number of ether oxygens (including phenoxy) is 2. The van der Waals surface area contributed by atoms with Gasteiger partial charge in [0, 0.05) is 89.9 Å². The predicted molar refractivity (Wildman–Crippen MR) is 130 cm³/mol. The van der Waals surface area contributed by atoms with Crippen LogP contribution in [0.1, 0.15) is 0 Å².